The van der Waals surface area contributed by atoms with E-state index in [1.165, 1.54) is 11.1 Å². The summed E-state index contributed by atoms with van der Waals surface area (Å²) in [5, 5.41) is 16.0. The standard InChI is InChI=1S/C24H25N5O2/c1-16-8-9-19(14-17(16)2)20-11-12-22-26-27-23(29(22)28-20)15-25-24(30)13-10-18-6-4-5-7-21(18)31-3/h4-9,11-12,14H,10,13,15H2,1-3H3,(H,25,30). The fourth-order valence-corrected chi connectivity index (χ4v) is 3.42. The quantitative estimate of drug-likeness (QED) is 0.498. The van der Waals surface area contributed by atoms with Gasteiger partial charge in [-0.05, 0) is 61.2 Å². The molecule has 2 aromatic carbocycles. The molecule has 0 aliphatic rings. The van der Waals surface area contributed by atoms with Crippen LogP contribution in [0.1, 0.15) is 28.9 Å². The highest BCUT2D eigenvalue weighted by molar-refractivity contribution is 5.76. The van der Waals surface area contributed by atoms with E-state index in [0.29, 0.717) is 24.3 Å². The van der Waals surface area contributed by atoms with Crippen molar-refractivity contribution in [2.45, 2.75) is 33.2 Å². The minimum Gasteiger partial charge on any atom is -0.496 e. The molecule has 0 radical (unpaired) electrons. The van der Waals surface area contributed by atoms with Crippen molar-refractivity contribution < 1.29 is 9.53 Å². The first-order valence-electron chi connectivity index (χ1n) is 10.2. The van der Waals surface area contributed by atoms with Gasteiger partial charge in [-0.15, -0.1) is 10.2 Å². The molecule has 4 rings (SSSR count). The lowest BCUT2D eigenvalue weighted by atomic mass is 10.0. The van der Waals surface area contributed by atoms with Crippen LogP contribution in [-0.2, 0) is 17.8 Å². The molecule has 1 N–H and O–H groups in total. The Morgan fingerprint density at radius 1 is 1.03 bits per heavy atom. The number of hydrogen-bond acceptors (Lipinski definition) is 5. The van der Waals surface area contributed by atoms with Gasteiger partial charge in [0, 0.05) is 12.0 Å². The Labute approximate surface area is 181 Å². The highest BCUT2D eigenvalue weighted by atomic mass is 16.5. The molecule has 0 aliphatic carbocycles. The molecule has 31 heavy (non-hydrogen) atoms. The second-order valence-corrected chi connectivity index (χ2v) is 7.49. The Kier molecular flexibility index (Phi) is 5.93. The van der Waals surface area contributed by atoms with E-state index in [1.807, 2.05) is 36.4 Å². The lowest BCUT2D eigenvalue weighted by Crippen LogP contribution is -2.24. The van der Waals surface area contributed by atoms with Crippen molar-refractivity contribution in [3.05, 3.63) is 77.1 Å². The molecular formula is C24H25N5O2. The van der Waals surface area contributed by atoms with Gasteiger partial charge in [0.1, 0.15) is 5.75 Å². The van der Waals surface area contributed by atoms with Crippen LogP contribution in [0.4, 0.5) is 0 Å². The molecule has 0 fully saturated rings. The molecule has 0 saturated carbocycles. The SMILES string of the molecule is COc1ccccc1CCC(=O)NCc1nnc2ccc(-c3ccc(C)c(C)c3)nn12. The third-order valence-corrected chi connectivity index (χ3v) is 5.39. The molecule has 4 aromatic rings. The Hall–Kier alpha value is -3.74. The van der Waals surface area contributed by atoms with Crippen LogP contribution >= 0.6 is 0 Å². The van der Waals surface area contributed by atoms with Gasteiger partial charge in [0.25, 0.3) is 0 Å². The number of hydrogen-bond donors (Lipinski definition) is 1. The second kappa shape index (κ2) is 8.95. The number of carbonyl (C=O) groups is 1. The highest BCUT2D eigenvalue weighted by Crippen LogP contribution is 2.21. The number of nitrogens with one attached hydrogen (secondary N) is 1. The summed E-state index contributed by atoms with van der Waals surface area (Å²) in [4.78, 5) is 12.4. The topological polar surface area (TPSA) is 81.4 Å². The minimum absolute atomic E-state index is 0.0621. The zero-order chi connectivity index (χ0) is 21.8. The fourth-order valence-electron chi connectivity index (χ4n) is 3.42. The van der Waals surface area contributed by atoms with E-state index in [4.69, 9.17) is 9.84 Å². The fraction of sp³-hybridized carbons (Fsp3) is 0.250. The summed E-state index contributed by atoms with van der Waals surface area (Å²) in [5.41, 5.74) is 5.97. The van der Waals surface area contributed by atoms with Crippen molar-refractivity contribution in [1.29, 1.82) is 0 Å². The number of rotatable bonds is 7. The predicted molar refractivity (Wildman–Crippen MR) is 119 cm³/mol. The molecule has 0 saturated heterocycles. The van der Waals surface area contributed by atoms with Crippen LogP contribution in [0.25, 0.3) is 16.9 Å². The molecule has 2 heterocycles. The first-order valence-corrected chi connectivity index (χ1v) is 10.2. The van der Waals surface area contributed by atoms with Gasteiger partial charge < -0.3 is 10.1 Å². The molecule has 0 aliphatic heterocycles. The van der Waals surface area contributed by atoms with Gasteiger partial charge in [-0.1, -0.05) is 30.3 Å². The normalized spacial score (nSPS) is 10.9. The maximum atomic E-state index is 12.4. The van der Waals surface area contributed by atoms with Gasteiger partial charge in [0.15, 0.2) is 11.5 Å². The number of ether oxygens (including phenoxy) is 1. The summed E-state index contributed by atoms with van der Waals surface area (Å²) in [6, 6.07) is 17.8. The van der Waals surface area contributed by atoms with Gasteiger partial charge in [0.2, 0.25) is 5.91 Å². The number of nitrogens with zero attached hydrogens (tertiary/aromatic N) is 4. The minimum atomic E-state index is -0.0621. The molecule has 7 heteroatoms. The summed E-state index contributed by atoms with van der Waals surface area (Å²) in [6.45, 7) is 4.43. The number of methoxy groups -OCH3 is 1. The number of para-hydroxylation sites is 1. The Bertz CT molecular complexity index is 1230. The Balaban J connectivity index is 1.44. The maximum Gasteiger partial charge on any atom is 0.220 e. The number of aryl methyl sites for hydroxylation is 3. The predicted octanol–water partition coefficient (Wildman–Crippen LogP) is 3.67. The van der Waals surface area contributed by atoms with Gasteiger partial charge in [0.05, 0.1) is 19.3 Å². The molecule has 2 aromatic heterocycles. The summed E-state index contributed by atoms with van der Waals surface area (Å²) >= 11 is 0. The van der Waals surface area contributed by atoms with Gasteiger partial charge in [-0.3, -0.25) is 4.79 Å². The van der Waals surface area contributed by atoms with E-state index in [-0.39, 0.29) is 12.5 Å². The molecule has 7 nitrogen and oxygen atoms in total. The van der Waals surface area contributed by atoms with Crippen molar-refractivity contribution >= 4 is 11.6 Å². The van der Waals surface area contributed by atoms with Crippen LogP contribution in [-0.4, -0.2) is 32.8 Å². The molecule has 0 bridgehead atoms. The third kappa shape index (κ3) is 4.55. The van der Waals surface area contributed by atoms with Gasteiger partial charge >= 0.3 is 0 Å². The summed E-state index contributed by atoms with van der Waals surface area (Å²) < 4.78 is 7.03. The van der Waals surface area contributed by atoms with Crippen LogP contribution in [0.5, 0.6) is 5.75 Å². The van der Waals surface area contributed by atoms with Crippen molar-refractivity contribution in [1.82, 2.24) is 25.1 Å². The Morgan fingerprint density at radius 2 is 1.87 bits per heavy atom. The number of carbonyl (C=O) groups excluding carboxylic acids is 1. The molecule has 0 atom stereocenters. The third-order valence-electron chi connectivity index (χ3n) is 5.39. The molecule has 0 spiro atoms. The first kappa shape index (κ1) is 20.5. The smallest absolute Gasteiger partial charge is 0.220 e. The van der Waals surface area contributed by atoms with E-state index in [2.05, 4.69) is 47.6 Å². The average Bonchev–Trinajstić information content (AvgIpc) is 3.20. The molecule has 0 unspecified atom stereocenters. The van der Waals surface area contributed by atoms with Crippen LogP contribution in [0, 0.1) is 13.8 Å². The average molecular weight is 415 g/mol. The van der Waals surface area contributed by atoms with Crippen molar-refractivity contribution in [3.63, 3.8) is 0 Å². The zero-order valence-electron chi connectivity index (χ0n) is 17.9. The zero-order valence-corrected chi connectivity index (χ0v) is 17.9. The van der Waals surface area contributed by atoms with Crippen LogP contribution in [0.15, 0.2) is 54.6 Å². The monoisotopic (exact) mass is 415 g/mol. The van der Waals surface area contributed by atoms with E-state index < -0.39 is 0 Å². The van der Waals surface area contributed by atoms with Crippen LogP contribution in [0.2, 0.25) is 0 Å². The van der Waals surface area contributed by atoms with Crippen molar-refractivity contribution in [3.8, 4) is 17.0 Å². The lowest BCUT2D eigenvalue weighted by molar-refractivity contribution is -0.121. The summed E-state index contributed by atoms with van der Waals surface area (Å²) in [5.74, 6) is 1.32. The van der Waals surface area contributed by atoms with Gasteiger partial charge in [-0.25, -0.2) is 0 Å². The first-order chi connectivity index (χ1) is 15.0. The van der Waals surface area contributed by atoms with E-state index >= 15 is 0 Å². The summed E-state index contributed by atoms with van der Waals surface area (Å²) in [6.07, 6.45) is 0.962. The number of fused-ring (bicyclic) bond motifs is 1. The highest BCUT2D eigenvalue weighted by Gasteiger charge is 2.11. The van der Waals surface area contributed by atoms with E-state index in [9.17, 15) is 4.79 Å². The van der Waals surface area contributed by atoms with Crippen molar-refractivity contribution in [2.75, 3.05) is 7.11 Å². The van der Waals surface area contributed by atoms with Gasteiger partial charge in [-0.2, -0.15) is 9.61 Å². The summed E-state index contributed by atoms with van der Waals surface area (Å²) in [7, 11) is 1.63. The van der Waals surface area contributed by atoms with Crippen LogP contribution in [0.3, 0.4) is 0 Å². The number of benzene rings is 2. The second-order valence-electron chi connectivity index (χ2n) is 7.49. The number of aromatic nitrogens is 4. The Morgan fingerprint density at radius 3 is 2.68 bits per heavy atom. The maximum absolute atomic E-state index is 12.4. The largest absolute Gasteiger partial charge is 0.496 e. The number of amides is 1. The van der Waals surface area contributed by atoms with Crippen LogP contribution < -0.4 is 10.1 Å². The lowest BCUT2D eigenvalue weighted by Gasteiger charge is -2.08. The molecule has 158 valence electrons. The molecular weight excluding hydrogens is 390 g/mol. The van der Waals surface area contributed by atoms with Crippen molar-refractivity contribution in [2.24, 2.45) is 0 Å². The molecule has 1 amide bonds. The van der Waals surface area contributed by atoms with E-state index in [1.54, 1.807) is 11.6 Å². The van der Waals surface area contributed by atoms with E-state index in [0.717, 1.165) is 22.6 Å².